The van der Waals surface area contributed by atoms with Crippen molar-refractivity contribution in [1.82, 2.24) is 19.9 Å². The average molecular weight is 368 g/mol. The quantitative estimate of drug-likeness (QED) is 0.769. The Hall–Kier alpha value is -2.93. The zero-order valence-corrected chi connectivity index (χ0v) is 14.5. The van der Waals surface area contributed by atoms with Gasteiger partial charge < -0.3 is 4.98 Å². The highest BCUT2D eigenvalue weighted by Gasteiger charge is 2.26. The number of halogens is 2. The van der Waals surface area contributed by atoms with Gasteiger partial charge in [-0.05, 0) is 42.8 Å². The molecule has 0 aliphatic carbocycles. The van der Waals surface area contributed by atoms with Crippen molar-refractivity contribution in [3.8, 4) is 11.4 Å². The van der Waals surface area contributed by atoms with E-state index in [1.54, 1.807) is 30.6 Å². The molecule has 5 nitrogen and oxygen atoms in total. The Morgan fingerprint density at radius 1 is 1.11 bits per heavy atom. The number of nitrogens with one attached hydrogen (secondary N) is 1. The first-order valence-corrected chi connectivity index (χ1v) is 8.76. The van der Waals surface area contributed by atoms with E-state index in [1.807, 2.05) is 0 Å². The summed E-state index contributed by atoms with van der Waals surface area (Å²) in [7, 11) is 0. The third-order valence-corrected chi connectivity index (χ3v) is 4.80. The second-order valence-corrected chi connectivity index (χ2v) is 6.72. The fraction of sp³-hybridized carbons (Fsp3) is 0.250. The third-order valence-electron chi connectivity index (χ3n) is 4.80. The maximum Gasteiger partial charge on any atom is 0.251 e. The van der Waals surface area contributed by atoms with E-state index in [0.717, 1.165) is 35.9 Å². The van der Waals surface area contributed by atoms with Gasteiger partial charge in [0.2, 0.25) is 0 Å². The number of hydrogen-bond acceptors (Lipinski definition) is 4. The molecule has 1 aliphatic heterocycles. The monoisotopic (exact) mass is 368 g/mol. The zero-order chi connectivity index (χ0) is 18.8. The largest absolute Gasteiger partial charge is 0.307 e. The fourth-order valence-corrected chi connectivity index (χ4v) is 3.45. The van der Waals surface area contributed by atoms with Gasteiger partial charge in [-0.1, -0.05) is 6.07 Å². The van der Waals surface area contributed by atoms with Gasteiger partial charge in [0.15, 0.2) is 11.6 Å². The minimum atomic E-state index is -0.839. The Labute approximate surface area is 154 Å². The number of pyridine rings is 1. The van der Waals surface area contributed by atoms with Crippen LogP contribution in [-0.4, -0.2) is 32.9 Å². The van der Waals surface area contributed by atoms with E-state index in [0.29, 0.717) is 18.9 Å². The summed E-state index contributed by atoms with van der Waals surface area (Å²) in [6.45, 7) is 2.06. The smallest absolute Gasteiger partial charge is 0.251 e. The predicted octanol–water partition coefficient (Wildman–Crippen LogP) is 3.10. The van der Waals surface area contributed by atoms with Crippen LogP contribution < -0.4 is 5.56 Å². The molecule has 1 aliphatic rings. The molecule has 1 fully saturated rings. The second kappa shape index (κ2) is 7.36. The molecule has 0 bridgehead atoms. The molecule has 1 saturated heterocycles. The van der Waals surface area contributed by atoms with Gasteiger partial charge in [-0.25, -0.2) is 13.8 Å². The van der Waals surface area contributed by atoms with Gasteiger partial charge >= 0.3 is 0 Å². The molecule has 0 radical (unpaired) electrons. The van der Waals surface area contributed by atoms with E-state index >= 15 is 0 Å². The van der Waals surface area contributed by atoms with Crippen molar-refractivity contribution in [3.63, 3.8) is 0 Å². The van der Waals surface area contributed by atoms with Crippen LogP contribution in [0.3, 0.4) is 0 Å². The number of benzene rings is 1. The highest BCUT2D eigenvalue weighted by molar-refractivity contribution is 5.53. The van der Waals surface area contributed by atoms with Crippen LogP contribution in [0, 0.1) is 11.6 Å². The highest BCUT2D eigenvalue weighted by atomic mass is 19.2. The summed E-state index contributed by atoms with van der Waals surface area (Å²) < 4.78 is 26.5. The molecule has 1 N–H and O–H groups in total. The van der Waals surface area contributed by atoms with E-state index in [2.05, 4.69) is 19.9 Å². The lowest BCUT2D eigenvalue weighted by Crippen LogP contribution is -2.21. The molecular formula is C20H18F2N4O. The van der Waals surface area contributed by atoms with Crippen molar-refractivity contribution in [3.05, 3.63) is 82.0 Å². The Morgan fingerprint density at radius 2 is 1.93 bits per heavy atom. The molecule has 4 rings (SSSR count). The Morgan fingerprint density at radius 3 is 2.70 bits per heavy atom. The SMILES string of the molecule is O=c1cc([C@H]2CCN(Cc3ccc(F)c(F)c3)C2)nc(-c2ccncc2)[nH]1. The summed E-state index contributed by atoms with van der Waals surface area (Å²) in [6.07, 6.45) is 4.16. The van der Waals surface area contributed by atoms with Gasteiger partial charge in [-0.3, -0.25) is 14.7 Å². The lowest BCUT2D eigenvalue weighted by molar-refractivity contribution is 0.325. The maximum absolute atomic E-state index is 13.4. The van der Waals surface area contributed by atoms with E-state index in [9.17, 15) is 13.6 Å². The molecule has 1 atom stereocenters. The number of H-pyrrole nitrogens is 1. The molecule has 3 heterocycles. The predicted molar refractivity (Wildman–Crippen MR) is 97.1 cm³/mol. The van der Waals surface area contributed by atoms with Crippen LogP contribution in [0.2, 0.25) is 0 Å². The first kappa shape index (κ1) is 17.5. The average Bonchev–Trinajstić information content (AvgIpc) is 3.13. The Bertz CT molecular complexity index is 1010. The molecule has 3 aromatic rings. The van der Waals surface area contributed by atoms with Gasteiger partial charge in [0.05, 0.1) is 5.69 Å². The molecule has 138 valence electrons. The molecule has 1 aromatic carbocycles. The fourth-order valence-electron chi connectivity index (χ4n) is 3.45. The number of nitrogens with zero attached hydrogens (tertiary/aromatic N) is 3. The number of hydrogen-bond donors (Lipinski definition) is 1. The Kier molecular flexibility index (Phi) is 4.77. The van der Waals surface area contributed by atoms with Crippen LogP contribution in [0.1, 0.15) is 23.6 Å². The summed E-state index contributed by atoms with van der Waals surface area (Å²) in [5.74, 6) is -1.02. The standard InChI is InChI=1S/C20H18F2N4O/c21-16-2-1-13(9-17(16)22)11-26-8-5-15(12-26)18-10-19(27)25-20(24-18)14-3-6-23-7-4-14/h1-4,6-7,9-10,15H,5,8,11-12H2,(H,24,25,27)/t15-/m0/s1. The summed E-state index contributed by atoms with van der Waals surface area (Å²) in [6, 6.07) is 9.11. The number of rotatable bonds is 4. The van der Waals surface area contributed by atoms with Crippen molar-refractivity contribution >= 4 is 0 Å². The van der Waals surface area contributed by atoms with Crippen molar-refractivity contribution in [2.75, 3.05) is 13.1 Å². The van der Waals surface area contributed by atoms with E-state index in [4.69, 9.17) is 0 Å². The zero-order valence-electron chi connectivity index (χ0n) is 14.5. The van der Waals surface area contributed by atoms with Crippen LogP contribution >= 0.6 is 0 Å². The highest BCUT2D eigenvalue weighted by Crippen LogP contribution is 2.27. The van der Waals surface area contributed by atoms with Gasteiger partial charge in [0.1, 0.15) is 5.82 Å². The first-order valence-electron chi connectivity index (χ1n) is 8.76. The molecule has 0 amide bonds. The van der Waals surface area contributed by atoms with E-state index in [-0.39, 0.29) is 11.5 Å². The van der Waals surface area contributed by atoms with Gasteiger partial charge in [0.25, 0.3) is 5.56 Å². The minimum absolute atomic E-state index is 0.123. The summed E-state index contributed by atoms with van der Waals surface area (Å²) in [5, 5.41) is 0. The molecule has 0 unspecified atom stereocenters. The van der Waals surface area contributed by atoms with Crippen LogP contribution in [-0.2, 0) is 6.54 Å². The van der Waals surface area contributed by atoms with Gasteiger partial charge in [0, 0.05) is 43.0 Å². The van der Waals surface area contributed by atoms with Crippen molar-refractivity contribution in [2.45, 2.75) is 18.9 Å². The van der Waals surface area contributed by atoms with Gasteiger partial charge in [-0.2, -0.15) is 0 Å². The minimum Gasteiger partial charge on any atom is -0.307 e. The number of likely N-dealkylation sites (tertiary alicyclic amines) is 1. The van der Waals surface area contributed by atoms with Gasteiger partial charge in [-0.15, -0.1) is 0 Å². The second-order valence-electron chi connectivity index (χ2n) is 6.72. The summed E-state index contributed by atoms with van der Waals surface area (Å²) >= 11 is 0. The molecule has 0 spiro atoms. The lowest BCUT2D eigenvalue weighted by atomic mass is 10.0. The van der Waals surface area contributed by atoms with E-state index in [1.165, 1.54) is 12.1 Å². The molecule has 0 saturated carbocycles. The molecular weight excluding hydrogens is 350 g/mol. The molecule has 7 heteroatoms. The number of aromatic amines is 1. The van der Waals surface area contributed by atoms with E-state index < -0.39 is 11.6 Å². The van der Waals surface area contributed by atoms with Crippen molar-refractivity contribution in [2.24, 2.45) is 0 Å². The van der Waals surface area contributed by atoms with Crippen molar-refractivity contribution < 1.29 is 8.78 Å². The summed E-state index contributed by atoms with van der Waals surface area (Å²) in [5.41, 5.74) is 2.09. The van der Waals surface area contributed by atoms with Crippen LogP contribution in [0.5, 0.6) is 0 Å². The maximum atomic E-state index is 13.4. The lowest BCUT2D eigenvalue weighted by Gasteiger charge is -2.16. The third kappa shape index (κ3) is 3.93. The van der Waals surface area contributed by atoms with Crippen LogP contribution in [0.25, 0.3) is 11.4 Å². The Balaban J connectivity index is 1.51. The molecule has 27 heavy (non-hydrogen) atoms. The normalized spacial score (nSPS) is 17.3. The van der Waals surface area contributed by atoms with Crippen LogP contribution in [0.15, 0.2) is 53.6 Å². The molecule has 2 aromatic heterocycles. The summed E-state index contributed by atoms with van der Waals surface area (Å²) in [4.78, 5) is 25.6. The van der Waals surface area contributed by atoms with Crippen molar-refractivity contribution in [1.29, 1.82) is 0 Å². The number of aromatic nitrogens is 3. The topological polar surface area (TPSA) is 61.9 Å². The van der Waals surface area contributed by atoms with Crippen LogP contribution in [0.4, 0.5) is 8.78 Å². The first-order chi connectivity index (χ1) is 13.1.